The number of carbonyl (C=O) groups is 2. The third-order valence-corrected chi connectivity index (χ3v) is 7.46. The third kappa shape index (κ3) is 4.38. The number of halogens is 1. The number of methoxy groups -OCH3 is 1. The van der Waals surface area contributed by atoms with Gasteiger partial charge in [0.05, 0.1) is 28.9 Å². The molecule has 1 aliphatic rings. The molecule has 0 saturated carbocycles. The number of benzene rings is 3. The molecule has 1 N–H and O–H groups in total. The Hall–Kier alpha value is -4.04. The fraction of sp³-hybridized carbons (Fsp3) is 0.207. The molecule has 5 rings (SSSR count). The quantitative estimate of drug-likeness (QED) is 0.194. The predicted molar refractivity (Wildman–Crippen MR) is 142 cm³/mol. The number of carbonyl (C=O) groups excluding carboxylic acids is 2. The fourth-order valence-corrected chi connectivity index (χ4v) is 5.42. The number of ketones is 1. The van der Waals surface area contributed by atoms with Crippen molar-refractivity contribution in [3.8, 4) is 5.75 Å². The minimum Gasteiger partial charge on any atom is -0.507 e. The first-order valence-corrected chi connectivity index (χ1v) is 12.5. The number of thiazole rings is 1. The van der Waals surface area contributed by atoms with Crippen LogP contribution in [0.15, 0.2) is 72.3 Å². The van der Waals surface area contributed by atoms with Gasteiger partial charge in [-0.15, -0.1) is 0 Å². The molecule has 1 saturated heterocycles. The molecular weight excluding hydrogens is 491 g/mol. The highest BCUT2D eigenvalue weighted by Crippen LogP contribution is 2.44. The number of hydrogen-bond donors (Lipinski definition) is 1. The van der Waals surface area contributed by atoms with Crippen molar-refractivity contribution < 1.29 is 23.8 Å². The number of rotatable bonds is 4. The van der Waals surface area contributed by atoms with Crippen LogP contribution >= 0.6 is 11.3 Å². The number of ether oxygens (including phenoxy) is 1. The number of fused-ring (bicyclic) bond motifs is 1. The zero-order valence-electron chi connectivity index (χ0n) is 20.8. The fourth-order valence-electron chi connectivity index (χ4n) is 4.40. The number of aliphatic hydroxyl groups is 1. The lowest BCUT2D eigenvalue weighted by molar-refractivity contribution is -0.132. The number of nitrogens with zero attached hydrogens (tertiary/aromatic N) is 2. The number of anilines is 1. The van der Waals surface area contributed by atoms with E-state index in [1.165, 1.54) is 30.2 Å². The van der Waals surface area contributed by atoms with Crippen LogP contribution in [0.5, 0.6) is 5.75 Å². The van der Waals surface area contributed by atoms with Crippen LogP contribution in [0.1, 0.15) is 43.5 Å². The Morgan fingerprint density at radius 2 is 1.70 bits per heavy atom. The van der Waals surface area contributed by atoms with Crippen molar-refractivity contribution in [1.29, 1.82) is 0 Å². The van der Waals surface area contributed by atoms with Crippen molar-refractivity contribution in [2.24, 2.45) is 0 Å². The van der Waals surface area contributed by atoms with E-state index in [-0.39, 0.29) is 21.9 Å². The summed E-state index contributed by atoms with van der Waals surface area (Å²) in [7, 11) is 1.53. The maximum Gasteiger partial charge on any atom is 0.301 e. The molecule has 0 bridgehead atoms. The third-order valence-electron chi connectivity index (χ3n) is 6.45. The molecule has 0 radical (unpaired) electrons. The normalized spacial score (nSPS) is 17.5. The molecule has 2 heterocycles. The van der Waals surface area contributed by atoms with E-state index in [0.29, 0.717) is 27.1 Å². The molecule has 1 fully saturated rings. The summed E-state index contributed by atoms with van der Waals surface area (Å²) in [6, 6.07) is 17.5. The second-order valence-corrected chi connectivity index (χ2v) is 10.9. The van der Waals surface area contributed by atoms with Crippen LogP contribution in [0.2, 0.25) is 0 Å². The maximum atomic E-state index is 13.8. The predicted octanol–water partition coefficient (Wildman–Crippen LogP) is 6.37. The van der Waals surface area contributed by atoms with Gasteiger partial charge < -0.3 is 9.84 Å². The molecule has 188 valence electrons. The Balaban J connectivity index is 1.70. The minimum atomic E-state index is -0.915. The maximum absolute atomic E-state index is 13.8. The van der Waals surface area contributed by atoms with Crippen LogP contribution in [0, 0.1) is 5.82 Å². The zero-order chi connectivity index (χ0) is 26.5. The van der Waals surface area contributed by atoms with Gasteiger partial charge in [0.2, 0.25) is 0 Å². The van der Waals surface area contributed by atoms with E-state index in [1.54, 1.807) is 24.3 Å². The van der Waals surface area contributed by atoms with Gasteiger partial charge >= 0.3 is 5.91 Å². The van der Waals surface area contributed by atoms with E-state index in [4.69, 9.17) is 4.74 Å². The Morgan fingerprint density at radius 3 is 2.32 bits per heavy atom. The molecule has 0 spiro atoms. The van der Waals surface area contributed by atoms with Gasteiger partial charge in [-0.3, -0.25) is 14.5 Å². The molecule has 4 aromatic rings. The highest BCUT2D eigenvalue weighted by molar-refractivity contribution is 7.22. The molecule has 1 amide bonds. The van der Waals surface area contributed by atoms with Gasteiger partial charge in [0.15, 0.2) is 5.13 Å². The van der Waals surface area contributed by atoms with E-state index in [2.05, 4.69) is 25.8 Å². The van der Waals surface area contributed by atoms with Crippen LogP contribution in [0.25, 0.3) is 16.0 Å². The number of aromatic nitrogens is 1. The summed E-state index contributed by atoms with van der Waals surface area (Å²) < 4.78 is 19.6. The molecule has 0 aliphatic carbocycles. The second-order valence-electron chi connectivity index (χ2n) is 9.88. The number of hydrogen-bond acceptors (Lipinski definition) is 6. The van der Waals surface area contributed by atoms with Gasteiger partial charge in [-0.1, -0.05) is 56.4 Å². The summed E-state index contributed by atoms with van der Waals surface area (Å²) in [5, 5.41) is 11.6. The van der Waals surface area contributed by atoms with Crippen LogP contribution in [0.3, 0.4) is 0 Å². The highest BCUT2D eigenvalue weighted by Gasteiger charge is 2.48. The molecular formula is C29H25FN2O4S. The minimum absolute atomic E-state index is 0.0379. The molecule has 8 heteroatoms. The molecule has 1 aromatic heterocycles. The number of Topliss-reactive ketones (excluding diaryl/α,β-unsaturated/α-hetero) is 1. The second kappa shape index (κ2) is 9.12. The summed E-state index contributed by atoms with van der Waals surface area (Å²) in [6.45, 7) is 6.29. The lowest BCUT2D eigenvalue weighted by atomic mass is 9.85. The summed E-state index contributed by atoms with van der Waals surface area (Å²) in [5.74, 6) is -1.74. The van der Waals surface area contributed by atoms with Crippen molar-refractivity contribution in [3.05, 3.63) is 94.8 Å². The van der Waals surface area contributed by atoms with Gasteiger partial charge in [0.1, 0.15) is 17.3 Å². The Kier molecular flexibility index (Phi) is 6.07. The lowest BCUT2D eigenvalue weighted by Crippen LogP contribution is -2.29. The Morgan fingerprint density at radius 1 is 1.03 bits per heavy atom. The molecule has 0 unspecified atom stereocenters. The van der Waals surface area contributed by atoms with Crippen LogP contribution in [-0.2, 0) is 15.0 Å². The van der Waals surface area contributed by atoms with Crippen molar-refractivity contribution in [3.63, 3.8) is 0 Å². The van der Waals surface area contributed by atoms with Crippen molar-refractivity contribution in [2.75, 3.05) is 12.0 Å². The summed E-state index contributed by atoms with van der Waals surface area (Å²) in [6.07, 6.45) is 0. The van der Waals surface area contributed by atoms with Crippen molar-refractivity contribution in [2.45, 2.75) is 32.2 Å². The van der Waals surface area contributed by atoms with E-state index < -0.39 is 23.5 Å². The first kappa shape index (κ1) is 24.6. The molecule has 6 nitrogen and oxygen atoms in total. The summed E-state index contributed by atoms with van der Waals surface area (Å²) in [4.78, 5) is 32.6. The van der Waals surface area contributed by atoms with E-state index in [1.807, 2.05) is 24.3 Å². The Labute approximate surface area is 217 Å². The van der Waals surface area contributed by atoms with Crippen LogP contribution < -0.4 is 9.64 Å². The van der Waals surface area contributed by atoms with E-state index in [9.17, 15) is 19.1 Å². The van der Waals surface area contributed by atoms with Crippen LogP contribution in [0.4, 0.5) is 9.52 Å². The molecule has 1 atom stereocenters. The average molecular weight is 517 g/mol. The van der Waals surface area contributed by atoms with Crippen molar-refractivity contribution >= 4 is 44.1 Å². The van der Waals surface area contributed by atoms with Gasteiger partial charge in [0, 0.05) is 5.56 Å². The standard InChI is InChI=1S/C29H25FN2O4S/c1-29(2,3)18-9-5-16(6-10-18)24-23(25(33)17-7-12-20(36-4)13-8-17)26(34)27(35)32(24)28-31-21-14-11-19(30)15-22(21)37-28/h5-15,24,33H,1-4H3/b25-23+/t24-/m0/s1. The monoisotopic (exact) mass is 516 g/mol. The average Bonchev–Trinajstić information content (AvgIpc) is 3.40. The Bertz CT molecular complexity index is 1550. The first-order valence-electron chi connectivity index (χ1n) is 11.7. The van der Waals surface area contributed by atoms with Crippen LogP contribution in [-0.4, -0.2) is 28.9 Å². The van der Waals surface area contributed by atoms with Gasteiger partial charge in [-0.25, -0.2) is 9.37 Å². The largest absolute Gasteiger partial charge is 0.507 e. The van der Waals surface area contributed by atoms with Gasteiger partial charge in [-0.05, 0) is 59.0 Å². The summed E-state index contributed by atoms with van der Waals surface area (Å²) in [5.41, 5.74) is 2.48. The molecule has 37 heavy (non-hydrogen) atoms. The SMILES string of the molecule is COc1ccc(/C(O)=C2\C(=O)C(=O)N(c3nc4ccc(F)cc4s3)[C@H]2c2ccc(C(C)(C)C)cc2)cc1. The zero-order valence-corrected chi connectivity index (χ0v) is 21.6. The number of aliphatic hydroxyl groups excluding tert-OH is 1. The highest BCUT2D eigenvalue weighted by atomic mass is 32.1. The van der Waals surface area contributed by atoms with E-state index >= 15 is 0 Å². The molecule has 3 aromatic carbocycles. The molecule has 1 aliphatic heterocycles. The number of amides is 1. The van der Waals surface area contributed by atoms with E-state index in [0.717, 1.165) is 16.9 Å². The smallest absolute Gasteiger partial charge is 0.301 e. The first-order chi connectivity index (χ1) is 17.6. The van der Waals surface area contributed by atoms with Gasteiger partial charge in [-0.2, -0.15) is 0 Å². The van der Waals surface area contributed by atoms with Crippen molar-refractivity contribution in [1.82, 2.24) is 4.98 Å². The summed E-state index contributed by atoms with van der Waals surface area (Å²) >= 11 is 1.12. The lowest BCUT2D eigenvalue weighted by Gasteiger charge is -2.24. The van der Waals surface area contributed by atoms with Gasteiger partial charge in [0.25, 0.3) is 5.78 Å². The topological polar surface area (TPSA) is 79.7 Å².